The average Bonchev–Trinajstić information content (AvgIpc) is 2.02. The van der Waals surface area contributed by atoms with Crippen LogP contribution >= 0.6 is 0 Å². The average molecular weight is 174 g/mol. The number of nitrogens with one attached hydrogen (secondary N) is 1. The van der Waals surface area contributed by atoms with Gasteiger partial charge >= 0.3 is 0 Å². The van der Waals surface area contributed by atoms with Gasteiger partial charge in [-0.15, -0.1) is 0 Å². The predicted octanol–water partition coefficient (Wildman–Crippen LogP) is -2.22. The summed E-state index contributed by atoms with van der Waals surface area (Å²) < 4.78 is 0. The maximum absolute atomic E-state index is 10.7. The van der Waals surface area contributed by atoms with Crippen molar-refractivity contribution in [3.05, 3.63) is 0 Å². The molecule has 0 rings (SSSR count). The normalized spacial score (nSPS) is 9.92. The van der Waals surface area contributed by atoms with Gasteiger partial charge in [-0.2, -0.15) is 0 Å². The molecule has 0 aromatic rings. The largest absolute Gasteiger partial charge is 0.369 e. The highest BCUT2D eigenvalue weighted by Crippen LogP contribution is 1.85. The summed E-state index contributed by atoms with van der Waals surface area (Å²) in [5, 5.41) is 0. The molecule has 0 heterocycles. The second-order valence-corrected chi connectivity index (χ2v) is 2.34. The molecule has 0 bridgehead atoms. The maximum atomic E-state index is 10.7. The highest BCUT2D eigenvalue weighted by Gasteiger charge is 2.09. The number of carbonyl (C=O) groups is 2. The number of nitrogens with zero attached hydrogens (tertiary/aromatic N) is 1. The monoisotopic (exact) mass is 174 g/mol. The van der Waals surface area contributed by atoms with E-state index in [9.17, 15) is 9.59 Å². The Morgan fingerprint density at radius 2 is 2.00 bits per heavy atom. The number of hydrogen-bond donors (Lipinski definition) is 3. The Balaban J connectivity index is 3.82. The van der Waals surface area contributed by atoms with Crippen molar-refractivity contribution in [1.29, 1.82) is 0 Å². The van der Waals surface area contributed by atoms with Crippen molar-refractivity contribution < 1.29 is 9.59 Å². The maximum Gasteiger partial charge on any atom is 0.248 e. The molecule has 70 valence electrons. The fraction of sp³-hybridized carbons (Fsp3) is 0.667. The first-order valence-electron chi connectivity index (χ1n) is 3.60. The zero-order valence-corrected chi connectivity index (χ0v) is 7.04. The van der Waals surface area contributed by atoms with E-state index in [2.05, 4.69) is 0 Å². The summed E-state index contributed by atoms with van der Waals surface area (Å²) in [5.41, 5.74) is 6.91. The summed E-state index contributed by atoms with van der Waals surface area (Å²) in [4.78, 5) is 22.8. The van der Waals surface area contributed by atoms with Crippen LogP contribution in [0.15, 0.2) is 0 Å². The molecule has 0 aliphatic heterocycles. The van der Waals surface area contributed by atoms with Crippen LogP contribution in [0.3, 0.4) is 0 Å². The Kier molecular flexibility index (Phi) is 4.98. The summed E-state index contributed by atoms with van der Waals surface area (Å²) in [5.74, 6) is 4.07. The molecule has 0 atom stereocenters. The van der Waals surface area contributed by atoms with Gasteiger partial charge in [-0.05, 0) is 6.54 Å². The molecule has 0 aromatic heterocycles. The third kappa shape index (κ3) is 4.64. The number of hydrogen-bond acceptors (Lipinski definition) is 4. The van der Waals surface area contributed by atoms with Gasteiger partial charge in [0.2, 0.25) is 11.8 Å². The minimum atomic E-state index is -0.457. The second kappa shape index (κ2) is 5.50. The standard InChI is InChI=1S/C6H14N4O2/c1-2-10(3-5(7)11)4-6(12)9-8/h2-4,8H2,1H3,(H2,7,11)(H,9,12). The lowest BCUT2D eigenvalue weighted by Crippen LogP contribution is -2.43. The number of primary amides is 1. The topological polar surface area (TPSA) is 101 Å². The molecule has 2 amide bonds. The van der Waals surface area contributed by atoms with Crippen molar-refractivity contribution in [2.24, 2.45) is 11.6 Å². The van der Waals surface area contributed by atoms with Crippen molar-refractivity contribution in [1.82, 2.24) is 10.3 Å². The van der Waals surface area contributed by atoms with Gasteiger partial charge in [-0.1, -0.05) is 6.92 Å². The molecule has 0 aromatic carbocycles. The molecule has 0 aliphatic carbocycles. The van der Waals surface area contributed by atoms with Crippen molar-refractivity contribution in [2.75, 3.05) is 19.6 Å². The van der Waals surface area contributed by atoms with Crippen LogP contribution in [0, 0.1) is 0 Å². The van der Waals surface area contributed by atoms with Crippen molar-refractivity contribution in [3.63, 3.8) is 0 Å². The Bertz CT molecular complexity index is 171. The zero-order valence-electron chi connectivity index (χ0n) is 7.04. The van der Waals surface area contributed by atoms with Gasteiger partial charge in [0.05, 0.1) is 13.1 Å². The van der Waals surface area contributed by atoms with Crippen molar-refractivity contribution in [3.8, 4) is 0 Å². The molecule has 0 spiro atoms. The quantitative estimate of drug-likeness (QED) is 0.250. The van der Waals surface area contributed by atoms with Crippen LogP contribution in [-0.2, 0) is 9.59 Å². The third-order valence-electron chi connectivity index (χ3n) is 1.35. The van der Waals surface area contributed by atoms with E-state index in [0.717, 1.165) is 0 Å². The van der Waals surface area contributed by atoms with E-state index in [4.69, 9.17) is 11.6 Å². The molecule has 0 saturated heterocycles. The SMILES string of the molecule is CCN(CC(N)=O)CC(=O)NN. The number of nitrogens with two attached hydrogens (primary N) is 2. The first kappa shape index (κ1) is 10.9. The van der Waals surface area contributed by atoms with Crippen LogP contribution in [0.1, 0.15) is 6.92 Å². The molecule has 6 heteroatoms. The van der Waals surface area contributed by atoms with Gasteiger partial charge in [-0.3, -0.25) is 19.9 Å². The predicted molar refractivity (Wildman–Crippen MR) is 43.6 cm³/mol. The minimum absolute atomic E-state index is 0.0733. The molecule has 0 unspecified atom stereocenters. The van der Waals surface area contributed by atoms with Gasteiger partial charge in [0, 0.05) is 0 Å². The second-order valence-electron chi connectivity index (χ2n) is 2.34. The van der Waals surface area contributed by atoms with Crippen LogP contribution in [0.25, 0.3) is 0 Å². The lowest BCUT2D eigenvalue weighted by atomic mass is 10.4. The van der Waals surface area contributed by atoms with E-state index < -0.39 is 5.91 Å². The first-order valence-corrected chi connectivity index (χ1v) is 3.60. The third-order valence-corrected chi connectivity index (χ3v) is 1.35. The van der Waals surface area contributed by atoms with E-state index in [-0.39, 0.29) is 19.0 Å². The number of amides is 2. The van der Waals surface area contributed by atoms with E-state index in [0.29, 0.717) is 6.54 Å². The number of hydrazine groups is 1. The lowest BCUT2D eigenvalue weighted by molar-refractivity contribution is -0.123. The zero-order chi connectivity index (χ0) is 9.56. The van der Waals surface area contributed by atoms with Gasteiger partial charge < -0.3 is 5.73 Å². The van der Waals surface area contributed by atoms with Gasteiger partial charge in [-0.25, -0.2) is 5.84 Å². The molecule has 12 heavy (non-hydrogen) atoms. The van der Waals surface area contributed by atoms with Crippen molar-refractivity contribution in [2.45, 2.75) is 6.92 Å². The van der Waals surface area contributed by atoms with Crippen LogP contribution in [0.4, 0.5) is 0 Å². The summed E-state index contributed by atoms with van der Waals surface area (Å²) in [7, 11) is 0. The van der Waals surface area contributed by atoms with E-state index >= 15 is 0 Å². The number of carbonyl (C=O) groups excluding carboxylic acids is 2. The summed E-state index contributed by atoms with van der Waals surface area (Å²) in [6.45, 7) is 2.57. The van der Waals surface area contributed by atoms with E-state index in [1.54, 1.807) is 4.90 Å². The molecule has 5 N–H and O–H groups in total. The first-order chi connectivity index (χ1) is 5.60. The fourth-order valence-electron chi connectivity index (χ4n) is 0.749. The molecule has 0 radical (unpaired) electrons. The molecule has 6 nitrogen and oxygen atoms in total. The molecule has 0 aliphatic rings. The summed E-state index contributed by atoms with van der Waals surface area (Å²) in [6.07, 6.45) is 0. The molecular weight excluding hydrogens is 160 g/mol. The Morgan fingerprint density at radius 3 is 2.33 bits per heavy atom. The highest BCUT2D eigenvalue weighted by atomic mass is 16.2. The van der Waals surface area contributed by atoms with Gasteiger partial charge in [0.25, 0.3) is 0 Å². The van der Waals surface area contributed by atoms with E-state index in [1.165, 1.54) is 0 Å². The Morgan fingerprint density at radius 1 is 1.42 bits per heavy atom. The summed E-state index contributed by atoms with van der Waals surface area (Å²) >= 11 is 0. The van der Waals surface area contributed by atoms with Crippen LogP contribution in [0.5, 0.6) is 0 Å². The smallest absolute Gasteiger partial charge is 0.248 e. The summed E-state index contributed by atoms with van der Waals surface area (Å²) in [6, 6.07) is 0. The van der Waals surface area contributed by atoms with Gasteiger partial charge in [0.1, 0.15) is 0 Å². The molecule has 0 fully saturated rings. The Hall–Kier alpha value is -1.14. The van der Waals surface area contributed by atoms with Crippen LogP contribution in [-0.4, -0.2) is 36.3 Å². The van der Waals surface area contributed by atoms with E-state index in [1.807, 2.05) is 12.3 Å². The van der Waals surface area contributed by atoms with Crippen molar-refractivity contribution >= 4 is 11.8 Å². The number of likely N-dealkylation sites (N-methyl/N-ethyl adjacent to an activating group) is 1. The number of rotatable bonds is 5. The fourth-order valence-corrected chi connectivity index (χ4v) is 0.749. The molecular formula is C6H14N4O2. The Labute approximate surface area is 70.8 Å². The highest BCUT2D eigenvalue weighted by molar-refractivity contribution is 5.79. The van der Waals surface area contributed by atoms with Gasteiger partial charge in [0.15, 0.2) is 0 Å². The van der Waals surface area contributed by atoms with Crippen LogP contribution < -0.4 is 17.0 Å². The van der Waals surface area contributed by atoms with Crippen LogP contribution in [0.2, 0.25) is 0 Å². The lowest BCUT2D eigenvalue weighted by Gasteiger charge is -2.16. The molecule has 0 saturated carbocycles. The minimum Gasteiger partial charge on any atom is -0.369 e.